The SMILES string of the molecule is CC(CN)Cc1nc(C#N)c2ccccn12. The predicted molar refractivity (Wildman–Crippen MR) is 61.8 cm³/mol. The average Bonchev–Trinajstić information content (AvgIpc) is 2.68. The first-order chi connectivity index (χ1) is 7.76. The lowest BCUT2D eigenvalue weighted by Gasteiger charge is -2.06. The van der Waals surface area contributed by atoms with Crippen molar-refractivity contribution in [3.63, 3.8) is 0 Å². The van der Waals surface area contributed by atoms with Crippen LogP contribution in [0, 0.1) is 17.2 Å². The van der Waals surface area contributed by atoms with Crippen molar-refractivity contribution < 1.29 is 0 Å². The van der Waals surface area contributed by atoms with Crippen LogP contribution in [-0.4, -0.2) is 15.9 Å². The molecule has 0 fully saturated rings. The molecule has 0 saturated carbocycles. The second-order valence-corrected chi connectivity index (χ2v) is 3.99. The number of nitriles is 1. The van der Waals surface area contributed by atoms with E-state index < -0.39 is 0 Å². The standard InChI is InChI=1S/C12H14N4/c1-9(7-13)6-12-15-10(8-14)11-4-2-3-5-16(11)12/h2-5,9H,6-7,13H2,1H3. The Morgan fingerprint density at radius 2 is 2.38 bits per heavy atom. The fourth-order valence-electron chi connectivity index (χ4n) is 1.72. The Balaban J connectivity index is 2.50. The smallest absolute Gasteiger partial charge is 0.166 e. The van der Waals surface area contributed by atoms with Gasteiger partial charge in [-0.25, -0.2) is 4.98 Å². The Kier molecular flexibility index (Phi) is 2.88. The van der Waals surface area contributed by atoms with Crippen LogP contribution in [0.15, 0.2) is 24.4 Å². The van der Waals surface area contributed by atoms with Crippen LogP contribution >= 0.6 is 0 Å². The molecule has 4 nitrogen and oxygen atoms in total. The molecule has 2 aromatic rings. The zero-order valence-corrected chi connectivity index (χ0v) is 9.22. The van der Waals surface area contributed by atoms with Crippen molar-refractivity contribution in [3.8, 4) is 6.07 Å². The average molecular weight is 214 g/mol. The summed E-state index contributed by atoms with van der Waals surface area (Å²) in [5.41, 5.74) is 6.95. The molecule has 0 aliphatic carbocycles. The zero-order chi connectivity index (χ0) is 11.5. The summed E-state index contributed by atoms with van der Waals surface area (Å²) in [6.07, 6.45) is 2.73. The van der Waals surface area contributed by atoms with Crippen molar-refractivity contribution in [3.05, 3.63) is 35.9 Å². The van der Waals surface area contributed by atoms with Crippen molar-refractivity contribution in [1.29, 1.82) is 5.26 Å². The fourth-order valence-corrected chi connectivity index (χ4v) is 1.72. The molecular formula is C12H14N4. The molecule has 0 spiro atoms. The quantitative estimate of drug-likeness (QED) is 0.838. The molecule has 0 aliphatic rings. The van der Waals surface area contributed by atoms with E-state index in [9.17, 15) is 0 Å². The normalized spacial score (nSPS) is 12.6. The minimum atomic E-state index is 0.373. The van der Waals surface area contributed by atoms with Crippen LogP contribution in [-0.2, 0) is 6.42 Å². The summed E-state index contributed by atoms with van der Waals surface area (Å²) in [5, 5.41) is 8.99. The minimum absolute atomic E-state index is 0.373. The number of nitrogens with two attached hydrogens (primary N) is 1. The first kappa shape index (κ1) is 10.7. The molecular weight excluding hydrogens is 200 g/mol. The highest BCUT2D eigenvalue weighted by atomic mass is 15.0. The van der Waals surface area contributed by atoms with E-state index in [4.69, 9.17) is 11.0 Å². The lowest BCUT2D eigenvalue weighted by molar-refractivity contribution is 0.572. The third kappa shape index (κ3) is 1.77. The van der Waals surface area contributed by atoms with Gasteiger partial charge in [-0.15, -0.1) is 0 Å². The summed E-state index contributed by atoms with van der Waals surface area (Å²) >= 11 is 0. The fraction of sp³-hybridized carbons (Fsp3) is 0.333. The van der Waals surface area contributed by atoms with E-state index in [0.29, 0.717) is 18.2 Å². The maximum absolute atomic E-state index is 8.99. The number of pyridine rings is 1. The second kappa shape index (κ2) is 4.33. The van der Waals surface area contributed by atoms with Crippen molar-refractivity contribution in [2.75, 3.05) is 6.54 Å². The van der Waals surface area contributed by atoms with Gasteiger partial charge in [0.05, 0.1) is 5.52 Å². The highest BCUT2D eigenvalue weighted by Crippen LogP contribution is 2.14. The van der Waals surface area contributed by atoms with Crippen LogP contribution in [0.4, 0.5) is 0 Å². The van der Waals surface area contributed by atoms with Gasteiger partial charge in [-0.2, -0.15) is 5.26 Å². The third-order valence-electron chi connectivity index (χ3n) is 2.66. The molecule has 0 bridgehead atoms. The number of rotatable bonds is 3. The Bertz CT molecular complexity index is 535. The number of hydrogen-bond acceptors (Lipinski definition) is 3. The molecule has 82 valence electrons. The van der Waals surface area contributed by atoms with Gasteiger partial charge in [0.2, 0.25) is 0 Å². The van der Waals surface area contributed by atoms with Crippen LogP contribution in [0.2, 0.25) is 0 Å². The Labute approximate surface area is 94.3 Å². The van der Waals surface area contributed by atoms with Crippen molar-refractivity contribution in [1.82, 2.24) is 9.38 Å². The second-order valence-electron chi connectivity index (χ2n) is 3.99. The monoisotopic (exact) mass is 214 g/mol. The highest BCUT2D eigenvalue weighted by molar-refractivity contribution is 5.58. The molecule has 2 aromatic heterocycles. The maximum atomic E-state index is 8.99. The first-order valence-electron chi connectivity index (χ1n) is 5.32. The van der Waals surface area contributed by atoms with Gasteiger partial charge in [0, 0.05) is 12.6 Å². The maximum Gasteiger partial charge on any atom is 0.166 e. The molecule has 2 N–H and O–H groups in total. The largest absolute Gasteiger partial charge is 0.330 e. The van der Waals surface area contributed by atoms with Crippen molar-refractivity contribution >= 4 is 5.52 Å². The van der Waals surface area contributed by atoms with Crippen LogP contribution in [0.1, 0.15) is 18.4 Å². The molecule has 1 atom stereocenters. The third-order valence-corrected chi connectivity index (χ3v) is 2.66. The molecule has 2 rings (SSSR count). The molecule has 0 saturated heterocycles. The summed E-state index contributed by atoms with van der Waals surface area (Å²) in [6.45, 7) is 2.71. The van der Waals surface area contributed by atoms with E-state index >= 15 is 0 Å². The van der Waals surface area contributed by atoms with Crippen molar-refractivity contribution in [2.24, 2.45) is 11.7 Å². The van der Waals surface area contributed by atoms with Crippen LogP contribution in [0.5, 0.6) is 0 Å². The topological polar surface area (TPSA) is 67.1 Å². The predicted octanol–water partition coefficient (Wildman–Crippen LogP) is 1.34. The van der Waals surface area contributed by atoms with Crippen LogP contribution in [0.3, 0.4) is 0 Å². The molecule has 0 aliphatic heterocycles. The van der Waals surface area contributed by atoms with Gasteiger partial charge in [-0.05, 0) is 24.6 Å². The summed E-state index contributed by atoms with van der Waals surface area (Å²) < 4.78 is 1.96. The molecule has 2 heterocycles. The Morgan fingerprint density at radius 3 is 3.06 bits per heavy atom. The van der Waals surface area contributed by atoms with Gasteiger partial charge in [0.15, 0.2) is 5.69 Å². The van der Waals surface area contributed by atoms with E-state index in [1.165, 1.54) is 0 Å². The summed E-state index contributed by atoms with van der Waals surface area (Å²) in [5.74, 6) is 1.28. The molecule has 4 heteroatoms. The van der Waals surface area contributed by atoms with Gasteiger partial charge < -0.3 is 10.1 Å². The Hall–Kier alpha value is -1.86. The number of imidazole rings is 1. The van der Waals surface area contributed by atoms with Gasteiger partial charge in [-0.1, -0.05) is 13.0 Å². The number of fused-ring (bicyclic) bond motifs is 1. The van der Waals surface area contributed by atoms with E-state index in [1.807, 2.05) is 28.8 Å². The summed E-state index contributed by atoms with van der Waals surface area (Å²) in [4.78, 5) is 4.34. The lowest BCUT2D eigenvalue weighted by atomic mass is 10.1. The van der Waals surface area contributed by atoms with E-state index in [0.717, 1.165) is 17.8 Å². The Morgan fingerprint density at radius 1 is 1.56 bits per heavy atom. The molecule has 0 amide bonds. The van der Waals surface area contributed by atoms with E-state index in [1.54, 1.807) is 0 Å². The van der Waals surface area contributed by atoms with Gasteiger partial charge >= 0.3 is 0 Å². The first-order valence-corrected chi connectivity index (χ1v) is 5.32. The zero-order valence-electron chi connectivity index (χ0n) is 9.22. The van der Waals surface area contributed by atoms with E-state index in [-0.39, 0.29) is 0 Å². The lowest BCUT2D eigenvalue weighted by Crippen LogP contribution is -2.14. The molecule has 1 unspecified atom stereocenters. The highest BCUT2D eigenvalue weighted by Gasteiger charge is 2.11. The molecule has 16 heavy (non-hydrogen) atoms. The molecule has 0 radical (unpaired) electrons. The number of aromatic nitrogens is 2. The van der Waals surface area contributed by atoms with Gasteiger partial charge in [0.25, 0.3) is 0 Å². The summed E-state index contributed by atoms with van der Waals surface area (Å²) in [7, 11) is 0. The van der Waals surface area contributed by atoms with E-state index in [2.05, 4.69) is 18.0 Å². The van der Waals surface area contributed by atoms with Crippen LogP contribution < -0.4 is 5.73 Å². The van der Waals surface area contributed by atoms with Gasteiger partial charge in [-0.3, -0.25) is 0 Å². The number of nitrogens with zero attached hydrogens (tertiary/aromatic N) is 3. The molecule has 0 aromatic carbocycles. The van der Waals surface area contributed by atoms with Crippen LogP contribution in [0.25, 0.3) is 5.52 Å². The van der Waals surface area contributed by atoms with Gasteiger partial charge in [0.1, 0.15) is 11.9 Å². The summed E-state index contributed by atoms with van der Waals surface area (Å²) in [6, 6.07) is 7.87. The minimum Gasteiger partial charge on any atom is -0.330 e. The van der Waals surface area contributed by atoms with Crippen molar-refractivity contribution in [2.45, 2.75) is 13.3 Å². The number of hydrogen-bond donors (Lipinski definition) is 1.